The normalized spacial score (nSPS) is 42.0. The van der Waals surface area contributed by atoms with Gasteiger partial charge in [-0.1, -0.05) is 77.4 Å². The van der Waals surface area contributed by atoms with Crippen LogP contribution in [0.25, 0.3) is 0 Å². The Morgan fingerprint density at radius 1 is 0.769 bits per heavy atom. The molecule has 26 heavy (non-hydrogen) atoms. The summed E-state index contributed by atoms with van der Waals surface area (Å²) in [5, 5.41) is 0. The van der Waals surface area contributed by atoms with Crippen LogP contribution in [-0.2, 0) is 21.7 Å². The number of rotatable bonds is 1. The van der Waals surface area contributed by atoms with Gasteiger partial charge in [0.25, 0.3) is 0 Å². The first-order valence-electron chi connectivity index (χ1n) is 10.5. The van der Waals surface area contributed by atoms with Crippen LogP contribution < -0.4 is 0 Å². The van der Waals surface area contributed by atoms with E-state index in [-0.39, 0.29) is 36.6 Å². The Kier molecular flexibility index (Phi) is 8.98. The van der Waals surface area contributed by atoms with Gasteiger partial charge in [-0.3, -0.25) is 0 Å². The van der Waals surface area contributed by atoms with E-state index in [1.807, 2.05) is 0 Å². The van der Waals surface area contributed by atoms with Crippen molar-refractivity contribution in [3.63, 3.8) is 0 Å². The van der Waals surface area contributed by atoms with Crippen LogP contribution >= 0.6 is 0 Å². The van der Waals surface area contributed by atoms with E-state index < -0.39 is 8.07 Å². The average Bonchev–Trinajstić information content (AvgIpc) is 2.96. The summed E-state index contributed by atoms with van der Waals surface area (Å²) in [4.78, 5) is 0. The topological polar surface area (TPSA) is 0 Å². The van der Waals surface area contributed by atoms with E-state index in [1.165, 1.54) is 64.2 Å². The van der Waals surface area contributed by atoms with Crippen LogP contribution in [0, 0.1) is 56.9 Å². The van der Waals surface area contributed by atoms with Gasteiger partial charge in [0.15, 0.2) is 0 Å². The fourth-order valence-corrected chi connectivity index (χ4v) is 9.09. The van der Waals surface area contributed by atoms with E-state index in [1.54, 1.807) is 5.57 Å². The zero-order valence-electron chi connectivity index (χ0n) is 18.0. The molecule has 4 rings (SSSR count). The fourth-order valence-electron chi connectivity index (χ4n) is 7.27. The van der Waals surface area contributed by atoms with Gasteiger partial charge in [-0.15, -0.1) is 0 Å². The predicted molar refractivity (Wildman–Crippen MR) is 116 cm³/mol. The van der Waals surface area contributed by atoms with Crippen molar-refractivity contribution in [2.24, 2.45) is 35.5 Å². The van der Waals surface area contributed by atoms with E-state index in [2.05, 4.69) is 19.6 Å². The monoisotopic (exact) mass is 407 g/mol. The van der Waals surface area contributed by atoms with Crippen LogP contribution in [0.15, 0.2) is 12.2 Å². The number of allylic oxidation sites excluding steroid dienone is 1. The van der Waals surface area contributed by atoms with E-state index in [0.717, 1.165) is 41.0 Å². The van der Waals surface area contributed by atoms with E-state index in [9.17, 15) is 0 Å². The molecule has 6 unspecified atom stereocenters. The summed E-state index contributed by atoms with van der Waals surface area (Å²) in [6.45, 7) is 14.5. The summed E-state index contributed by atoms with van der Waals surface area (Å²) in [6.07, 6.45) is 14.9. The second kappa shape index (κ2) is 9.45. The minimum atomic E-state index is -1.23. The standard InChI is InChI=1S/C22H37Si.2CH3.Ti/c1-15-17-9-5-7-11-19(17)21-13-16(23(2,3)4)14-22(21)20-12-8-6-10-18(15)20;;;/h16-22H,1-2,5-14H2,3-4H3;2*1H3;/q3*-1;+3. The first-order chi connectivity index (χ1) is 11.0. The summed E-state index contributed by atoms with van der Waals surface area (Å²) < 4.78 is 0. The largest absolute Gasteiger partial charge is 3.00 e. The number of hydrogen-bond donors (Lipinski definition) is 0. The second-order valence-corrected chi connectivity index (χ2v) is 15.0. The molecule has 0 aliphatic heterocycles. The molecule has 0 aromatic carbocycles. The molecule has 6 atom stereocenters. The molecule has 0 spiro atoms. The maximum absolute atomic E-state index is 4.73. The van der Waals surface area contributed by atoms with Gasteiger partial charge in [0.1, 0.15) is 0 Å². The van der Waals surface area contributed by atoms with Gasteiger partial charge in [0, 0.05) is 0 Å². The fraction of sp³-hybridized carbons (Fsp3) is 0.792. The van der Waals surface area contributed by atoms with E-state index >= 15 is 0 Å². The molecule has 4 aliphatic carbocycles. The molecule has 4 aliphatic rings. The van der Waals surface area contributed by atoms with Crippen LogP contribution in [0.5, 0.6) is 0 Å². The Bertz CT molecular complexity index is 431. The molecular weight excluding hydrogens is 364 g/mol. The molecule has 0 aromatic rings. The van der Waals surface area contributed by atoms with Crippen LogP contribution in [0.2, 0.25) is 18.6 Å². The summed E-state index contributed by atoms with van der Waals surface area (Å²) in [5.41, 5.74) is 2.71. The molecule has 2 heteroatoms. The molecule has 0 saturated heterocycles. The van der Waals surface area contributed by atoms with E-state index in [0.29, 0.717) is 0 Å². The molecule has 0 heterocycles. The molecule has 0 bridgehead atoms. The second-order valence-electron chi connectivity index (χ2n) is 10.2. The Labute approximate surface area is 181 Å². The molecule has 4 saturated carbocycles. The Morgan fingerprint density at radius 2 is 1.15 bits per heavy atom. The summed E-state index contributed by atoms with van der Waals surface area (Å²) in [7, 11) is -1.23. The van der Waals surface area contributed by atoms with Crippen LogP contribution in [-0.4, -0.2) is 8.07 Å². The Morgan fingerprint density at radius 3 is 1.54 bits per heavy atom. The number of fused-ring (bicyclic) bond motifs is 5. The minimum absolute atomic E-state index is 0. The predicted octanol–water partition coefficient (Wildman–Crippen LogP) is 7.55. The van der Waals surface area contributed by atoms with Gasteiger partial charge >= 0.3 is 21.7 Å². The average molecular weight is 408 g/mol. The maximum atomic E-state index is 4.73. The zero-order valence-corrected chi connectivity index (χ0v) is 20.6. The number of hydrogen-bond acceptors (Lipinski definition) is 0. The third kappa shape index (κ3) is 4.30. The summed E-state index contributed by atoms with van der Waals surface area (Å²) in [6, 6.07) is 0. The van der Waals surface area contributed by atoms with Crippen molar-refractivity contribution in [3.8, 4) is 0 Å². The smallest absolute Gasteiger partial charge is 0.358 e. The molecule has 1 radical (unpaired) electrons. The first-order valence-corrected chi connectivity index (χ1v) is 13.8. The molecule has 147 valence electrons. The van der Waals surface area contributed by atoms with Crippen molar-refractivity contribution in [2.75, 3.05) is 0 Å². The van der Waals surface area contributed by atoms with Gasteiger partial charge in [-0.05, 0) is 61.2 Å². The maximum Gasteiger partial charge on any atom is 3.00 e. The third-order valence-corrected chi connectivity index (χ3v) is 11.1. The van der Waals surface area contributed by atoms with Crippen LogP contribution in [0.4, 0.5) is 0 Å². The van der Waals surface area contributed by atoms with Crippen molar-refractivity contribution < 1.29 is 21.7 Å². The van der Waals surface area contributed by atoms with Gasteiger partial charge in [0.2, 0.25) is 0 Å². The first kappa shape index (κ1) is 24.7. The Hall–Kier alpha value is 0.671. The third-order valence-electron chi connectivity index (χ3n) is 8.46. The molecule has 0 amide bonds. The molecular formula is C24H43SiTi. The van der Waals surface area contributed by atoms with Crippen molar-refractivity contribution in [1.29, 1.82) is 0 Å². The molecule has 0 aromatic heterocycles. The van der Waals surface area contributed by atoms with Crippen molar-refractivity contribution in [3.05, 3.63) is 33.6 Å². The van der Waals surface area contributed by atoms with Gasteiger partial charge in [-0.2, -0.15) is 0 Å². The zero-order chi connectivity index (χ0) is 16.2. The molecule has 4 fully saturated rings. The SMILES string of the molecule is C=C1C2CCCCC2C2CC([Si]([CH2-])(C)C)CC2C2CCCCC12.[CH3-].[CH3-].[Ti+3]. The van der Waals surface area contributed by atoms with Gasteiger partial charge in [-0.25, -0.2) is 0 Å². The quantitative estimate of drug-likeness (QED) is 0.239. The minimum Gasteiger partial charge on any atom is -0.358 e. The summed E-state index contributed by atoms with van der Waals surface area (Å²) >= 11 is 0. The van der Waals surface area contributed by atoms with Gasteiger partial charge < -0.3 is 21.4 Å². The van der Waals surface area contributed by atoms with Crippen molar-refractivity contribution in [2.45, 2.75) is 82.8 Å². The summed E-state index contributed by atoms with van der Waals surface area (Å²) in [5.74, 6) is 5.82. The van der Waals surface area contributed by atoms with Crippen LogP contribution in [0.1, 0.15) is 64.2 Å². The van der Waals surface area contributed by atoms with Gasteiger partial charge in [0.05, 0.1) is 0 Å². The molecule has 0 nitrogen and oxygen atoms in total. The van der Waals surface area contributed by atoms with Crippen LogP contribution in [0.3, 0.4) is 0 Å². The Balaban J connectivity index is 0.00000113. The molecule has 0 N–H and O–H groups in total. The van der Waals surface area contributed by atoms with Crippen molar-refractivity contribution in [1.82, 2.24) is 0 Å². The van der Waals surface area contributed by atoms with Crippen molar-refractivity contribution >= 4 is 8.07 Å². The van der Waals surface area contributed by atoms with E-state index in [4.69, 9.17) is 6.58 Å².